The molecule has 4 aromatic carbocycles. The SMILES string of the molecule is COC(=O)c1cc(SCCn2c(=O)c(C)cn(C3CCC(COC(c4ccccc4)(c4ccc(OC)cc4)c4ccc(OC)cc4)O3)c2=O)ccc1[N+](=O)[O-]. The van der Waals surface area contributed by atoms with Gasteiger partial charge in [0.1, 0.15) is 28.9 Å². The van der Waals surface area contributed by atoms with Gasteiger partial charge in [-0.3, -0.25) is 24.0 Å². The molecule has 1 fully saturated rings. The summed E-state index contributed by atoms with van der Waals surface area (Å²) in [6.45, 7) is 1.89. The summed E-state index contributed by atoms with van der Waals surface area (Å²) in [6, 6.07) is 29.6. The molecule has 1 aromatic heterocycles. The number of nitro benzene ring substituents is 1. The van der Waals surface area contributed by atoms with E-state index in [1.807, 2.05) is 78.9 Å². The number of carbonyl (C=O) groups is 1. The second-order valence-corrected chi connectivity index (χ2v) is 14.0. The summed E-state index contributed by atoms with van der Waals surface area (Å²) in [5, 5.41) is 11.4. The molecule has 0 bridgehead atoms. The first kappa shape index (κ1) is 39.0. The van der Waals surface area contributed by atoms with Gasteiger partial charge in [0.05, 0.1) is 39.0 Å². The zero-order valence-electron chi connectivity index (χ0n) is 30.8. The van der Waals surface area contributed by atoms with Gasteiger partial charge in [-0.1, -0.05) is 54.6 Å². The normalized spacial score (nSPS) is 15.4. The summed E-state index contributed by atoms with van der Waals surface area (Å²) >= 11 is 1.25. The highest BCUT2D eigenvalue weighted by molar-refractivity contribution is 7.99. The van der Waals surface area contributed by atoms with Crippen molar-refractivity contribution in [1.29, 1.82) is 0 Å². The largest absolute Gasteiger partial charge is 0.497 e. The Morgan fingerprint density at radius 2 is 1.51 bits per heavy atom. The van der Waals surface area contributed by atoms with Crippen LogP contribution in [0.3, 0.4) is 0 Å². The van der Waals surface area contributed by atoms with Gasteiger partial charge in [0, 0.05) is 35.0 Å². The lowest BCUT2D eigenvalue weighted by Crippen LogP contribution is -2.42. The van der Waals surface area contributed by atoms with Crippen LogP contribution in [-0.4, -0.2) is 59.8 Å². The zero-order valence-corrected chi connectivity index (χ0v) is 31.7. The maximum Gasteiger partial charge on any atom is 0.344 e. The summed E-state index contributed by atoms with van der Waals surface area (Å²) in [4.78, 5) is 50.5. The Balaban J connectivity index is 1.23. The average Bonchev–Trinajstić information content (AvgIpc) is 3.70. The molecule has 2 heterocycles. The number of nitrogens with zero attached hydrogens (tertiary/aromatic N) is 3. The predicted molar refractivity (Wildman–Crippen MR) is 206 cm³/mol. The number of carbonyl (C=O) groups excluding carboxylic acids is 1. The van der Waals surface area contributed by atoms with E-state index < -0.39 is 34.0 Å². The van der Waals surface area contributed by atoms with Crippen molar-refractivity contribution in [2.24, 2.45) is 0 Å². The molecule has 2 unspecified atom stereocenters. The van der Waals surface area contributed by atoms with Crippen LogP contribution in [0.1, 0.15) is 51.7 Å². The molecule has 55 heavy (non-hydrogen) atoms. The fourth-order valence-electron chi connectivity index (χ4n) is 6.76. The summed E-state index contributed by atoms with van der Waals surface area (Å²) in [5.41, 5.74) is 0.505. The summed E-state index contributed by atoms with van der Waals surface area (Å²) in [6.07, 6.45) is 1.64. The molecule has 1 saturated heterocycles. The van der Waals surface area contributed by atoms with E-state index in [0.717, 1.165) is 28.4 Å². The van der Waals surface area contributed by atoms with E-state index in [1.54, 1.807) is 21.1 Å². The van der Waals surface area contributed by atoms with E-state index in [2.05, 4.69) is 0 Å². The Morgan fingerprint density at radius 1 is 0.891 bits per heavy atom. The van der Waals surface area contributed by atoms with E-state index >= 15 is 0 Å². The maximum absolute atomic E-state index is 13.8. The van der Waals surface area contributed by atoms with Gasteiger partial charge in [0.15, 0.2) is 0 Å². The van der Waals surface area contributed by atoms with Gasteiger partial charge in [-0.15, -0.1) is 11.8 Å². The average molecular weight is 768 g/mol. The molecular formula is C41H41N3O10S. The topological polar surface area (TPSA) is 150 Å². The first-order valence-corrected chi connectivity index (χ1v) is 18.5. The number of esters is 1. The molecule has 0 aliphatic carbocycles. The van der Waals surface area contributed by atoms with Gasteiger partial charge in [-0.25, -0.2) is 9.59 Å². The Morgan fingerprint density at radius 3 is 2.09 bits per heavy atom. The summed E-state index contributed by atoms with van der Waals surface area (Å²) < 4.78 is 31.8. The maximum atomic E-state index is 13.8. The van der Waals surface area contributed by atoms with Crippen LogP contribution in [-0.2, 0) is 26.4 Å². The third-order valence-electron chi connectivity index (χ3n) is 9.58. The van der Waals surface area contributed by atoms with Crippen molar-refractivity contribution in [1.82, 2.24) is 9.13 Å². The summed E-state index contributed by atoms with van der Waals surface area (Å²) in [5.74, 6) is 0.862. The minimum Gasteiger partial charge on any atom is -0.497 e. The quantitative estimate of drug-likeness (QED) is 0.0377. The molecule has 1 aliphatic rings. The van der Waals surface area contributed by atoms with E-state index in [4.69, 9.17) is 23.7 Å². The fourth-order valence-corrected chi connectivity index (χ4v) is 7.64. The van der Waals surface area contributed by atoms with Gasteiger partial charge in [0.25, 0.3) is 11.2 Å². The van der Waals surface area contributed by atoms with Crippen LogP contribution in [0.15, 0.2) is 118 Å². The van der Waals surface area contributed by atoms with Crippen molar-refractivity contribution in [3.8, 4) is 11.5 Å². The number of ether oxygens (including phenoxy) is 5. The minimum absolute atomic E-state index is 0.0527. The Labute approximate surface area is 321 Å². The monoisotopic (exact) mass is 767 g/mol. The van der Waals surface area contributed by atoms with Gasteiger partial charge < -0.3 is 23.7 Å². The molecule has 286 valence electrons. The molecule has 13 nitrogen and oxygen atoms in total. The number of methoxy groups -OCH3 is 3. The number of hydrogen-bond acceptors (Lipinski definition) is 11. The number of hydrogen-bond donors (Lipinski definition) is 0. The minimum atomic E-state index is -1.04. The lowest BCUT2D eigenvalue weighted by atomic mass is 9.80. The lowest BCUT2D eigenvalue weighted by molar-refractivity contribution is -0.385. The van der Waals surface area contributed by atoms with Crippen LogP contribution in [0.2, 0.25) is 0 Å². The molecular weight excluding hydrogens is 727 g/mol. The van der Waals surface area contributed by atoms with E-state index in [-0.39, 0.29) is 36.3 Å². The van der Waals surface area contributed by atoms with Crippen molar-refractivity contribution in [2.45, 2.75) is 49.1 Å². The molecule has 6 rings (SSSR count). The molecule has 0 amide bonds. The molecule has 0 spiro atoms. The molecule has 2 atom stereocenters. The van der Waals surface area contributed by atoms with Gasteiger partial charge in [-0.05, 0) is 72.9 Å². The number of benzene rings is 4. The van der Waals surface area contributed by atoms with Gasteiger partial charge >= 0.3 is 11.7 Å². The second kappa shape index (κ2) is 17.2. The zero-order chi connectivity index (χ0) is 39.1. The van der Waals surface area contributed by atoms with Crippen molar-refractivity contribution >= 4 is 23.4 Å². The first-order chi connectivity index (χ1) is 26.6. The Kier molecular flexibility index (Phi) is 12.2. The number of thioether (sulfide) groups is 1. The number of aryl methyl sites for hydroxylation is 1. The van der Waals surface area contributed by atoms with Crippen LogP contribution in [0, 0.1) is 17.0 Å². The van der Waals surface area contributed by atoms with Crippen molar-refractivity contribution in [3.63, 3.8) is 0 Å². The van der Waals surface area contributed by atoms with Crippen LogP contribution in [0.4, 0.5) is 5.69 Å². The highest BCUT2D eigenvalue weighted by Gasteiger charge is 2.40. The smallest absolute Gasteiger partial charge is 0.344 e. The second-order valence-electron chi connectivity index (χ2n) is 12.8. The molecule has 14 heteroatoms. The van der Waals surface area contributed by atoms with E-state index in [9.17, 15) is 24.5 Å². The fraction of sp³-hybridized carbons (Fsp3) is 0.293. The van der Waals surface area contributed by atoms with Gasteiger partial charge in [-0.2, -0.15) is 0 Å². The number of nitro groups is 1. The van der Waals surface area contributed by atoms with Crippen LogP contribution >= 0.6 is 11.8 Å². The van der Waals surface area contributed by atoms with Crippen LogP contribution < -0.4 is 20.7 Å². The van der Waals surface area contributed by atoms with Crippen molar-refractivity contribution in [3.05, 3.63) is 162 Å². The predicted octanol–water partition coefficient (Wildman–Crippen LogP) is 6.51. The first-order valence-electron chi connectivity index (χ1n) is 17.6. The molecule has 0 saturated carbocycles. The third-order valence-corrected chi connectivity index (χ3v) is 10.5. The van der Waals surface area contributed by atoms with E-state index in [0.29, 0.717) is 34.8 Å². The lowest BCUT2D eigenvalue weighted by Gasteiger charge is -2.37. The highest BCUT2D eigenvalue weighted by Crippen LogP contribution is 2.42. The molecule has 0 radical (unpaired) electrons. The molecule has 5 aromatic rings. The summed E-state index contributed by atoms with van der Waals surface area (Å²) in [7, 11) is 4.39. The molecule has 0 N–H and O–H groups in total. The number of aromatic nitrogens is 2. The van der Waals surface area contributed by atoms with Crippen molar-refractivity contribution < 1.29 is 33.4 Å². The van der Waals surface area contributed by atoms with Gasteiger partial charge in [0.2, 0.25) is 0 Å². The highest BCUT2D eigenvalue weighted by atomic mass is 32.2. The van der Waals surface area contributed by atoms with Crippen molar-refractivity contribution in [2.75, 3.05) is 33.7 Å². The molecule has 1 aliphatic heterocycles. The Bertz CT molecular complexity index is 2210. The van der Waals surface area contributed by atoms with Crippen LogP contribution in [0.25, 0.3) is 0 Å². The third kappa shape index (κ3) is 8.21. The van der Waals surface area contributed by atoms with Crippen LogP contribution in [0.5, 0.6) is 11.5 Å². The number of rotatable bonds is 15. The standard InChI is InChI=1S/C41H41N3O10S/c1-27-25-43(40(47)42(38(27)45)22-23-55-34-19-20-36(44(48)49)35(24-34)39(46)52-4)37-21-18-33(54-37)26-53-41(28-8-6-5-7-9-28,29-10-14-31(50-2)15-11-29)30-12-16-32(51-3)17-13-30/h5-17,19-20,24-25,33,37H,18,21-23,26H2,1-4H3. The van der Waals surface area contributed by atoms with E-state index in [1.165, 1.54) is 40.7 Å². The Hall–Kier alpha value is -5.70.